The highest BCUT2D eigenvalue weighted by Crippen LogP contribution is 2.21. The molecule has 0 atom stereocenters. The van der Waals surface area contributed by atoms with Crippen LogP contribution in [0.25, 0.3) is 6.08 Å². The summed E-state index contributed by atoms with van der Waals surface area (Å²) in [5.41, 5.74) is 1.29. The Kier molecular flexibility index (Phi) is 2.68. The van der Waals surface area contributed by atoms with Crippen LogP contribution in [0.5, 0.6) is 0 Å². The molecule has 2 rings (SSSR count). The maximum absolute atomic E-state index is 11.5. The highest BCUT2D eigenvalue weighted by Gasteiger charge is 2.21. The van der Waals surface area contributed by atoms with Gasteiger partial charge in [0, 0.05) is 12.6 Å². The molecule has 88 valence electrons. The van der Waals surface area contributed by atoms with Gasteiger partial charge in [0.2, 0.25) is 5.78 Å². The molecule has 5 nitrogen and oxygen atoms in total. The standard InChI is InChI=1S/C11H9NO4S/c1-12-11-9-6-8(17(14,15)16)4-2-7(9)3-5-10(11)13/h2-6H,1H3,(H,14,15,16). The molecule has 0 amide bonds. The summed E-state index contributed by atoms with van der Waals surface area (Å²) in [6, 6.07) is 4.04. The minimum absolute atomic E-state index is 0.188. The highest BCUT2D eigenvalue weighted by atomic mass is 32.2. The second-order valence-corrected chi connectivity index (χ2v) is 4.92. The number of ketones is 1. The number of fused-ring (bicyclic) bond motifs is 1. The summed E-state index contributed by atoms with van der Waals surface area (Å²) in [6.07, 6.45) is 2.96. The Bertz CT molecular complexity index is 656. The first-order chi connectivity index (χ1) is 7.93. The van der Waals surface area contributed by atoms with Gasteiger partial charge in [0.15, 0.2) is 0 Å². The quantitative estimate of drug-likeness (QED) is 0.753. The maximum Gasteiger partial charge on any atom is 0.294 e. The van der Waals surface area contributed by atoms with E-state index in [2.05, 4.69) is 4.99 Å². The van der Waals surface area contributed by atoms with Gasteiger partial charge in [0.25, 0.3) is 10.1 Å². The van der Waals surface area contributed by atoms with Crippen molar-refractivity contribution in [1.82, 2.24) is 0 Å². The lowest BCUT2D eigenvalue weighted by atomic mass is 9.95. The minimum Gasteiger partial charge on any atom is -0.288 e. The third kappa shape index (κ3) is 2.04. The third-order valence-corrected chi connectivity index (χ3v) is 3.30. The van der Waals surface area contributed by atoms with Gasteiger partial charge in [-0.15, -0.1) is 0 Å². The summed E-state index contributed by atoms with van der Waals surface area (Å²) in [5, 5.41) is 0. The SMILES string of the molecule is CN=C1C(=O)C=Cc2ccc(S(=O)(=O)O)cc21. The average Bonchev–Trinajstić information content (AvgIpc) is 2.27. The lowest BCUT2D eigenvalue weighted by Crippen LogP contribution is -2.18. The maximum atomic E-state index is 11.5. The van der Waals surface area contributed by atoms with Crippen LogP contribution in [0.3, 0.4) is 0 Å². The number of hydrogen-bond donors (Lipinski definition) is 1. The molecular weight excluding hydrogens is 242 g/mol. The first-order valence-corrected chi connectivity index (χ1v) is 6.18. The van der Waals surface area contributed by atoms with Crippen LogP contribution >= 0.6 is 0 Å². The molecule has 6 heteroatoms. The van der Waals surface area contributed by atoms with E-state index in [0.29, 0.717) is 11.1 Å². The smallest absolute Gasteiger partial charge is 0.288 e. The van der Waals surface area contributed by atoms with E-state index in [1.807, 2.05) is 0 Å². The van der Waals surface area contributed by atoms with Gasteiger partial charge in [-0.25, -0.2) is 0 Å². The Morgan fingerprint density at radius 3 is 2.53 bits per heavy atom. The molecule has 1 aliphatic rings. The van der Waals surface area contributed by atoms with Gasteiger partial charge in [-0.2, -0.15) is 8.42 Å². The fourth-order valence-electron chi connectivity index (χ4n) is 1.65. The molecule has 1 aliphatic carbocycles. The van der Waals surface area contributed by atoms with Gasteiger partial charge in [0.1, 0.15) is 5.71 Å². The summed E-state index contributed by atoms with van der Waals surface area (Å²) >= 11 is 0. The Hall–Kier alpha value is -1.79. The molecule has 0 saturated carbocycles. The van der Waals surface area contributed by atoms with Crippen LogP contribution in [-0.2, 0) is 14.9 Å². The molecule has 0 heterocycles. The lowest BCUT2D eigenvalue weighted by Gasteiger charge is -2.12. The molecule has 0 radical (unpaired) electrons. The lowest BCUT2D eigenvalue weighted by molar-refractivity contribution is -0.108. The summed E-state index contributed by atoms with van der Waals surface area (Å²) in [4.78, 5) is 15.1. The van der Waals surface area contributed by atoms with E-state index in [4.69, 9.17) is 4.55 Å². The largest absolute Gasteiger partial charge is 0.294 e. The van der Waals surface area contributed by atoms with E-state index in [0.717, 1.165) is 0 Å². The fourth-order valence-corrected chi connectivity index (χ4v) is 2.16. The summed E-state index contributed by atoms with van der Waals surface area (Å²) in [6.45, 7) is 0. The molecule has 1 aromatic rings. The number of aliphatic imine (C=N–C) groups is 1. The number of hydrogen-bond acceptors (Lipinski definition) is 4. The second kappa shape index (κ2) is 3.90. The highest BCUT2D eigenvalue weighted by molar-refractivity contribution is 7.85. The monoisotopic (exact) mass is 251 g/mol. The number of carbonyl (C=O) groups excluding carboxylic acids is 1. The van der Waals surface area contributed by atoms with Crippen molar-refractivity contribution < 1.29 is 17.8 Å². The van der Waals surface area contributed by atoms with Gasteiger partial charge in [-0.1, -0.05) is 12.1 Å². The van der Waals surface area contributed by atoms with Gasteiger partial charge < -0.3 is 0 Å². The van der Waals surface area contributed by atoms with E-state index in [-0.39, 0.29) is 16.4 Å². The Morgan fingerprint density at radius 2 is 1.94 bits per heavy atom. The normalized spacial score (nSPS) is 17.3. The van der Waals surface area contributed by atoms with E-state index < -0.39 is 10.1 Å². The zero-order chi connectivity index (χ0) is 12.6. The van der Waals surface area contributed by atoms with Crippen molar-refractivity contribution in [3.8, 4) is 0 Å². The molecule has 0 saturated heterocycles. The number of carbonyl (C=O) groups is 1. The van der Waals surface area contributed by atoms with Crippen molar-refractivity contribution in [1.29, 1.82) is 0 Å². The van der Waals surface area contributed by atoms with Crippen molar-refractivity contribution in [2.45, 2.75) is 4.90 Å². The van der Waals surface area contributed by atoms with Gasteiger partial charge in [-0.3, -0.25) is 14.3 Å². The van der Waals surface area contributed by atoms with Gasteiger partial charge >= 0.3 is 0 Å². The predicted octanol–water partition coefficient (Wildman–Crippen LogP) is 0.948. The minimum atomic E-state index is -4.28. The molecular formula is C11H9NO4S. The Balaban J connectivity index is 2.71. The number of rotatable bonds is 1. The third-order valence-electron chi connectivity index (χ3n) is 2.45. The average molecular weight is 251 g/mol. The molecule has 0 aliphatic heterocycles. The zero-order valence-corrected chi connectivity index (χ0v) is 9.73. The molecule has 0 bridgehead atoms. The second-order valence-electron chi connectivity index (χ2n) is 3.49. The summed E-state index contributed by atoms with van der Waals surface area (Å²) in [5.74, 6) is -0.285. The van der Waals surface area contributed by atoms with Crippen molar-refractivity contribution in [2.75, 3.05) is 7.05 Å². The van der Waals surface area contributed by atoms with Crippen LogP contribution in [-0.4, -0.2) is 31.5 Å². The number of benzene rings is 1. The van der Waals surface area contributed by atoms with E-state index in [1.54, 1.807) is 6.08 Å². The van der Waals surface area contributed by atoms with Crippen molar-refractivity contribution in [3.05, 3.63) is 35.4 Å². The van der Waals surface area contributed by atoms with Crippen LogP contribution in [0.1, 0.15) is 11.1 Å². The van der Waals surface area contributed by atoms with Crippen molar-refractivity contribution in [2.24, 2.45) is 4.99 Å². The number of allylic oxidation sites excluding steroid dienone is 1. The zero-order valence-electron chi connectivity index (χ0n) is 8.91. The summed E-state index contributed by atoms with van der Waals surface area (Å²) < 4.78 is 31.0. The number of nitrogens with zero attached hydrogens (tertiary/aromatic N) is 1. The predicted molar refractivity (Wildman–Crippen MR) is 62.8 cm³/mol. The Morgan fingerprint density at radius 1 is 1.24 bits per heavy atom. The van der Waals surface area contributed by atoms with Crippen LogP contribution in [0, 0.1) is 0 Å². The van der Waals surface area contributed by atoms with E-state index in [9.17, 15) is 13.2 Å². The topological polar surface area (TPSA) is 83.8 Å². The van der Waals surface area contributed by atoms with Crippen LogP contribution in [0.15, 0.2) is 34.2 Å². The van der Waals surface area contributed by atoms with Crippen LogP contribution < -0.4 is 0 Å². The molecule has 0 fully saturated rings. The van der Waals surface area contributed by atoms with Crippen molar-refractivity contribution >= 4 is 27.7 Å². The first-order valence-electron chi connectivity index (χ1n) is 4.74. The van der Waals surface area contributed by atoms with Gasteiger partial charge in [0.05, 0.1) is 4.90 Å². The molecule has 0 unspecified atom stereocenters. The van der Waals surface area contributed by atoms with Crippen LogP contribution in [0.2, 0.25) is 0 Å². The van der Waals surface area contributed by atoms with Gasteiger partial charge in [-0.05, 0) is 23.8 Å². The van der Waals surface area contributed by atoms with E-state index in [1.165, 1.54) is 31.3 Å². The molecule has 0 aromatic heterocycles. The fraction of sp³-hybridized carbons (Fsp3) is 0.0909. The molecule has 17 heavy (non-hydrogen) atoms. The first kappa shape index (κ1) is 11.7. The van der Waals surface area contributed by atoms with E-state index >= 15 is 0 Å². The molecule has 0 spiro atoms. The Labute approximate surface area is 98.2 Å². The van der Waals surface area contributed by atoms with Crippen LogP contribution in [0.4, 0.5) is 0 Å². The molecule has 1 aromatic carbocycles. The summed E-state index contributed by atoms with van der Waals surface area (Å²) in [7, 11) is -2.82. The van der Waals surface area contributed by atoms with Crippen molar-refractivity contribution in [3.63, 3.8) is 0 Å². The molecule has 1 N–H and O–H groups in total.